The summed E-state index contributed by atoms with van der Waals surface area (Å²) in [7, 11) is 1.23. The van der Waals surface area contributed by atoms with Crippen molar-refractivity contribution in [3.05, 3.63) is 72.1 Å². The molecule has 45 heavy (non-hydrogen) atoms. The highest BCUT2D eigenvalue weighted by atomic mass is 16.5. The van der Waals surface area contributed by atoms with Gasteiger partial charge in [-0.25, -0.2) is 4.79 Å². The number of pyridine rings is 1. The summed E-state index contributed by atoms with van der Waals surface area (Å²) in [4.78, 5) is 67.1. The summed E-state index contributed by atoms with van der Waals surface area (Å²) < 4.78 is 10.1. The van der Waals surface area contributed by atoms with Crippen molar-refractivity contribution in [3.8, 4) is 0 Å². The number of nitrogens with two attached hydrogens (primary N) is 1. The third kappa shape index (κ3) is 15.1. The van der Waals surface area contributed by atoms with Crippen LogP contribution >= 0.6 is 0 Å². The SMILES string of the molecule is COC(=O)CC[C@H](NC(=O)[C@@H](N)CCCCNC(=O)/C=C/c1cccnc1)C(=O)N[C@@H](Cc1ccccc1)C(=O)OCC(C)C. The Labute approximate surface area is 264 Å². The molecule has 0 saturated carbocycles. The molecule has 0 saturated heterocycles. The fraction of sp³-hybridized carbons (Fsp3) is 0.455. The van der Waals surface area contributed by atoms with Gasteiger partial charge in [-0.1, -0.05) is 50.2 Å². The second kappa shape index (κ2) is 20.4. The highest BCUT2D eigenvalue weighted by molar-refractivity contribution is 5.92. The van der Waals surface area contributed by atoms with Gasteiger partial charge in [0.25, 0.3) is 0 Å². The van der Waals surface area contributed by atoms with E-state index in [4.69, 9.17) is 15.2 Å². The maximum atomic E-state index is 13.4. The molecule has 12 nitrogen and oxygen atoms in total. The van der Waals surface area contributed by atoms with Crippen molar-refractivity contribution in [1.29, 1.82) is 0 Å². The van der Waals surface area contributed by atoms with E-state index in [0.29, 0.717) is 25.8 Å². The first-order valence-corrected chi connectivity index (χ1v) is 15.1. The summed E-state index contributed by atoms with van der Waals surface area (Å²) >= 11 is 0. The lowest BCUT2D eigenvalue weighted by atomic mass is 10.0. The van der Waals surface area contributed by atoms with E-state index >= 15 is 0 Å². The standard InChI is InChI=1S/C33H45N5O7/c1-23(2)22-45-33(43)28(20-24-10-5-4-6-11-24)38-32(42)27(15-17-30(40)44-3)37-31(41)26(34)13-7-8-19-36-29(39)16-14-25-12-9-18-35-21-25/h4-6,9-12,14,16,18,21,23,26-28H,7-8,13,15,17,19-20,22,34H2,1-3H3,(H,36,39)(H,37,41)(H,38,42)/b16-14+/t26-,27-,28-/m0/s1. The molecular weight excluding hydrogens is 578 g/mol. The topological polar surface area (TPSA) is 179 Å². The zero-order valence-electron chi connectivity index (χ0n) is 26.2. The largest absolute Gasteiger partial charge is 0.469 e. The van der Waals surface area contributed by atoms with Crippen molar-refractivity contribution >= 4 is 35.7 Å². The fourth-order valence-electron chi connectivity index (χ4n) is 4.11. The second-order valence-corrected chi connectivity index (χ2v) is 11.0. The van der Waals surface area contributed by atoms with Crippen molar-refractivity contribution < 1.29 is 33.4 Å². The fourth-order valence-corrected chi connectivity index (χ4v) is 4.11. The van der Waals surface area contributed by atoms with Gasteiger partial charge in [0.2, 0.25) is 17.7 Å². The van der Waals surface area contributed by atoms with Crippen LogP contribution in [0.25, 0.3) is 6.08 Å². The molecule has 0 bridgehead atoms. The molecule has 1 aromatic heterocycles. The second-order valence-electron chi connectivity index (χ2n) is 11.0. The van der Waals surface area contributed by atoms with Crippen molar-refractivity contribution in [2.75, 3.05) is 20.3 Å². The number of nitrogens with zero attached hydrogens (tertiary/aromatic N) is 1. The Bertz CT molecular complexity index is 1250. The third-order valence-corrected chi connectivity index (χ3v) is 6.63. The summed E-state index contributed by atoms with van der Waals surface area (Å²) in [6.07, 6.45) is 7.78. The first kappa shape index (κ1) is 36.6. The number of rotatable bonds is 19. The first-order chi connectivity index (χ1) is 21.6. The molecule has 0 spiro atoms. The number of carbonyl (C=O) groups excluding carboxylic acids is 5. The highest BCUT2D eigenvalue weighted by Crippen LogP contribution is 2.09. The minimum absolute atomic E-state index is 0.0609. The predicted molar refractivity (Wildman–Crippen MR) is 169 cm³/mol. The molecule has 5 N–H and O–H groups in total. The number of unbranched alkanes of at least 4 members (excludes halogenated alkanes) is 1. The maximum Gasteiger partial charge on any atom is 0.328 e. The predicted octanol–water partition coefficient (Wildman–Crippen LogP) is 2.07. The molecule has 1 aromatic carbocycles. The summed E-state index contributed by atoms with van der Waals surface area (Å²) in [5, 5.41) is 8.10. The molecule has 244 valence electrons. The number of methoxy groups -OCH3 is 1. The Morgan fingerprint density at radius 3 is 2.33 bits per heavy atom. The summed E-state index contributed by atoms with van der Waals surface area (Å²) in [6, 6.07) is 9.65. The zero-order valence-corrected chi connectivity index (χ0v) is 26.2. The Kier molecular flexibility index (Phi) is 16.6. The molecule has 0 unspecified atom stereocenters. The van der Waals surface area contributed by atoms with Crippen LogP contribution in [-0.2, 0) is 39.9 Å². The number of ether oxygens (including phenoxy) is 2. The molecule has 3 atom stereocenters. The number of amides is 3. The van der Waals surface area contributed by atoms with Crippen LogP contribution in [0, 0.1) is 5.92 Å². The molecule has 0 fully saturated rings. The number of aromatic nitrogens is 1. The molecule has 1 heterocycles. The van der Waals surface area contributed by atoms with Crippen molar-refractivity contribution in [3.63, 3.8) is 0 Å². The van der Waals surface area contributed by atoms with Gasteiger partial charge >= 0.3 is 11.9 Å². The van der Waals surface area contributed by atoms with Gasteiger partial charge in [-0.15, -0.1) is 0 Å². The van der Waals surface area contributed by atoms with Crippen LogP contribution in [0.1, 0.15) is 57.1 Å². The number of hydrogen-bond acceptors (Lipinski definition) is 9. The molecule has 0 aliphatic rings. The van der Waals surface area contributed by atoms with E-state index < -0.39 is 41.9 Å². The number of benzene rings is 1. The normalized spacial score (nSPS) is 13.0. The summed E-state index contributed by atoms with van der Waals surface area (Å²) in [6.45, 7) is 4.38. The van der Waals surface area contributed by atoms with E-state index in [0.717, 1.165) is 11.1 Å². The molecule has 2 aromatic rings. The smallest absolute Gasteiger partial charge is 0.328 e. The van der Waals surface area contributed by atoms with E-state index in [1.165, 1.54) is 13.2 Å². The Hall–Kier alpha value is -4.58. The molecule has 3 amide bonds. The maximum absolute atomic E-state index is 13.4. The van der Waals surface area contributed by atoms with Gasteiger partial charge < -0.3 is 31.2 Å². The quantitative estimate of drug-likeness (QED) is 0.104. The number of nitrogens with one attached hydrogen (secondary N) is 3. The highest BCUT2D eigenvalue weighted by Gasteiger charge is 2.29. The van der Waals surface area contributed by atoms with Gasteiger partial charge in [0.15, 0.2) is 0 Å². The minimum Gasteiger partial charge on any atom is -0.469 e. The minimum atomic E-state index is -1.15. The van der Waals surface area contributed by atoms with Gasteiger partial charge in [-0.05, 0) is 54.9 Å². The number of carbonyl (C=O) groups is 5. The Balaban J connectivity index is 1.94. The van der Waals surface area contributed by atoms with Gasteiger partial charge in [0.1, 0.15) is 12.1 Å². The van der Waals surface area contributed by atoms with Crippen LogP contribution in [0.15, 0.2) is 60.9 Å². The van der Waals surface area contributed by atoms with Crippen LogP contribution < -0.4 is 21.7 Å². The molecule has 2 rings (SSSR count). The Morgan fingerprint density at radius 2 is 1.67 bits per heavy atom. The molecular formula is C33H45N5O7. The Morgan fingerprint density at radius 1 is 0.933 bits per heavy atom. The van der Waals surface area contributed by atoms with Crippen LogP contribution in [0.2, 0.25) is 0 Å². The van der Waals surface area contributed by atoms with Crippen molar-refractivity contribution in [2.45, 2.75) is 70.5 Å². The van der Waals surface area contributed by atoms with Crippen LogP contribution in [0.4, 0.5) is 0 Å². The third-order valence-electron chi connectivity index (χ3n) is 6.63. The van der Waals surface area contributed by atoms with E-state index in [-0.39, 0.29) is 37.7 Å². The van der Waals surface area contributed by atoms with Crippen LogP contribution in [0.3, 0.4) is 0 Å². The average molecular weight is 624 g/mol. The average Bonchev–Trinajstić information content (AvgIpc) is 3.04. The lowest BCUT2D eigenvalue weighted by Gasteiger charge is -2.24. The monoisotopic (exact) mass is 623 g/mol. The first-order valence-electron chi connectivity index (χ1n) is 15.1. The zero-order chi connectivity index (χ0) is 33.0. The van der Waals surface area contributed by atoms with E-state index in [1.54, 1.807) is 24.5 Å². The van der Waals surface area contributed by atoms with Crippen molar-refractivity contribution in [1.82, 2.24) is 20.9 Å². The molecule has 12 heteroatoms. The lowest BCUT2D eigenvalue weighted by molar-refractivity contribution is -0.149. The van der Waals surface area contributed by atoms with Crippen LogP contribution in [0.5, 0.6) is 0 Å². The van der Waals surface area contributed by atoms with Gasteiger partial charge in [0.05, 0.1) is 19.8 Å². The van der Waals surface area contributed by atoms with Crippen LogP contribution in [-0.4, -0.2) is 73.0 Å². The van der Waals surface area contributed by atoms with Gasteiger partial charge in [-0.3, -0.25) is 24.2 Å². The van der Waals surface area contributed by atoms with E-state index in [2.05, 4.69) is 20.9 Å². The number of hydrogen-bond donors (Lipinski definition) is 4. The lowest BCUT2D eigenvalue weighted by Crippen LogP contribution is -2.55. The molecule has 0 aliphatic carbocycles. The summed E-state index contributed by atoms with van der Waals surface area (Å²) in [5.74, 6) is -2.54. The van der Waals surface area contributed by atoms with E-state index in [9.17, 15) is 24.0 Å². The van der Waals surface area contributed by atoms with E-state index in [1.807, 2.05) is 50.2 Å². The number of esters is 2. The van der Waals surface area contributed by atoms with Gasteiger partial charge in [-0.2, -0.15) is 0 Å². The summed E-state index contributed by atoms with van der Waals surface area (Å²) in [5.41, 5.74) is 7.72. The molecule has 0 radical (unpaired) electrons. The molecule has 0 aliphatic heterocycles. The van der Waals surface area contributed by atoms with Crippen molar-refractivity contribution in [2.24, 2.45) is 11.7 Å². The van der Waals surface area contributed by atoms with Gasteiger partial charge in [0, 0.05) is 37.9 Å².